The zero-order chi connectivity index (χ0) is 20.2. The number of carbonyl (C=O) groups is 4. The van der Waals surface area contributed by atoms with Crippen LogP contribution in [0.1, 0.15) is 33.1 Å². The first kappa shape index (κ1) is 20.2. The molecule has 3 amide bonds. The second-order valence-corrected chi connectivity index (χ2v) is 6.75. The minimum atomic E-state index is -1.25. The number of hydrogen-bond donors (Lipinski definition) is 3. The van der Waals surface area contributed by atoms with Gasteiger partial charge in [-0.05, 0) is 32.4 Å². The van der Waals surface area contributed by atoms with Crippen LogP contribution in [0.2, 0.25) is 0 Å². The predicted octanol–water partition coefficient (Wildman–Crippen LogP) is 0.416. The number of nitrogens with one attached hydrogen (secondary N) is 1. The molecule has 9 nitrogen and oxygen atoms in total. The number of rotatable bonds is 8. The molecule has 0 fully saturated rings. The van der Waals surface area contributed by atoms with Crippen molar-refractivity contribution < 1.29 is 29.0 Å². The van der Waals surface area contributed by atoms with Crippen LogP contribution < -0.4 is 20.7 Å². The van der Waals surface area contributed by atoms with E-state index in [1.54, 1.807) is 38.1 Å². The Hall–Kier alpha value is -3.10. The number of benzene rings is 1. The van der Waals surface area contributed by atoms with Crippen molar-refractivity contribution in [2.24, 2.45) is 5.73 Å². The van der Waals surface area contributed by atoms with Gasteiger partial charge in [-0.25, -0.2) is 4.79 Å². The molecule has 0 aliphatic carbocycles. The molecule has 0 saturated heterocycles. The van der Waals surface area contributed by atoms with Crippen LogP contribution in [-0.4, -0.2) is 47.0 Å². The highest BCUT2D eigenvalue weighted by molar-refractivity contribution is 6.02. The van der Waals surface area contributed by atoms with E-state index >= 15 is 0 Å². The van der Waals surface area contributed by atoms with Gasteiger partial charge in [0.15, 0.2) is 5.60 Å². The number of carbonyl (C=O) groups excluding carboxylic acids is 3. The van der Waals surface area contributed by atoms with Crippen molar-refractivity contribution in [2.75, 3.05) is 11.4 Å². The van der Waals surface area contributed by atoms with Gasteiger partial charge in [-0.2, -0.15) is 0 Å². The molecule has 9 heteroatoms. The molecule has 1 aliphatic rings. The quantitative estimate of drug-likeness (QED) is 0.600. The van der Waals surface area contributed by atoms with Gasteiger partial charge in [-0.15, -0.1) is 0 Å². The average Bonchev–Trinajstić information content (AvgIpc) is 2.58. The first-order chi connectivity index (χ1) is 12.6. The summed E-state index contributed by atoms with van der Waals surface area (Å²) in [6.07, 6.45) is -0.347. The highest BCUT2D eigenvalue weighted by atomic mass is 16.5. The fourth-order valence-electron chi connectivity index (χ4n) is 2.77. The number of carboxylic acids is 1. The topological polar surface area (TPSA) is 139 Å². The number of ether oxygens (including phenoxy) is 1. The number of aliphatic carboxylic acids is 1. The Balaban J connectivity index is 2.04. The summed E-state index contributed by atoms with van der Waals surface area (Å²) in [4.78, 5) is 48.3. The van der Waals surface area contributed by atoms with Gasteiger partial charge in [0, 0.05) is 19.4 Å². The van der Waals surface area contributed by atoms with Crippen LogP contribution in [0.15, 0.2) is 24.3 Å². The largest absolute Gasteiger partial charge is 0.480 e. The normalized spacial score (nSPS) is 16.1. The van der Waals surface area contributed by atoms with Gasteiger partial charge in [0.1, 0.15) is 11.8 Å². The lowest BCUT2D eigenvalue weighted by atomic mass is 10.0. The first-order valence-corrected chi connectivity index (χ1v) is 8.52. The molecule has 1 aromatic rings. The van der Waals surface area contributed by atoms with E-state index < -0.39 is 29.4 Å². The molecule has 2 rings (SSSR count). The number of nitrogens with zero attached hydrogens (tertiary/aromatic N) is 1. The Kier molecular flexibility index (Phi) is 6.04. The average molecular weight is 377 g/mol. The number of fused-ring (bicyclic) bond motifs is 1. The van der Waals surface area contributed by atoms with E-state index in [2.05, 4.69) is 5.32 Å². The summed E-state index contributed by atoms with van der Waals surface area (Å²) in [7, 11) is 0. The van der Waals surface area contributed by atoms with Crippen molar-refractivity contribution >= 4 is 29.4 Å². The molecule has 0 aromatic heterocycles. The van der Waals surface area contributed by atoms with Crippen LogP contribution in [0, 0.1) is 0 Å². The third kappa shape index (κ3) is 4.96. The molecule has 0 spiro atoms. The molecule has 0 radical (unpaired) electrons. The summed E-state index contributed by atoms with van der Waals surface area (Å²) < 4.78 is 5.71. The molecular weight excluding hydrogens is 354 g/mol. The predicted molar refractivity (Wildman–Crippen MR) is 96.1 cm³/mol. The van der Waals surface area contributed by atoms with Crippen molar-refractivity contribution in [3.05, 3.63) is 24.3 Å². The van der Waals surface area contributed by atoms with Gasteiger partial charge in [0.25, 0.3) is 5.91 Å². The number of carboxylic acid groups (broad SMARTS) is 1. The summed E-state index contributed by atoms with van der Waals surface area (Å²) >= 11 is 0. The van der Waals surface area contributed by atoms with E-state index in [1.165, 1.54) is 4.90 Å². The van der Waals surface area contributed by atoms with Gasteiger partial charge in [-0.3, -0.25) is 14.4 Å². The van der Waals surface area contributed by atoms with Crippen molar-refractivity contribution in [3.63, 3.8) is 0 Å². The number of anilines is 1. The summed E-state index contributed by atoms with van der Waals surface area (Å²) in [6.45, 7) is 3.35. The van der Waals surface area contributed by atoms with E-state index in [0.29, 0.717) is 11.4 Å². The second kappa shape index (κ2) is 8.07. The lowest BCUT2D eigenvalue weighted by Gasteiger charge is -2.38. The van der Waals surface area contributed by atoms with Gasteiger partial charge in [0.2, 0.25) is 11.8 Å². The molecule has 1 aliphatic heterocycles. The van der Waals surface area contributed by atoms with Crippen molar-refractivity contribution in [1.29, 1.82) is 0 Å². The zero-order valence-corrected chi connectivity index (χ0v) is 15.2. The van der Waals surface area contributed by atoms with Crippen molar-refractivity contribution in [3.8, 4) is 5.75 Å². The minimum absolute atomic E-state index is 0.0661. The SMILES string of the molecule is CC1(C)Oc2ccccc2N(CCC(=O)NC(CCC(N)=O)C(=O)O)C1=O. The molecule has 146 valence electrons. The van der Waals surface area contributed by atoms with Crippen LogP contribution in [0.5, 0.6) is 5.75 Å². The molecule has 4 N–H and O–H groups in total. The lowest BCUT2D eigenvalue weighted by Crippen LogP contribution is -2.53. The summed E-state index contributed by atoms with van der Waals surface area (Å²) in [6, 6.07) is 5.78. The number of amides is 3. The number of primary amides is 1. The van der Waals surface area contributed by atoms with Crippen LogP contribution in [-0.2, 0) is 19.2 Å². The van der Waals surface area contributed by atoms with Crippen LogP contribution in [0.3, 0.4) is 0 Å². The molecule has 0 bridgehead atoms. The van der Waals surface area contributed by atoms with Crippen LogP contribution >= 0.6 is 0 Å². The van der Waals surface area contributed by atoms with Gasteiger partial charge < -0.3 is 25.8 Å². The van der Waals surface area contributed by atoms with Crippen molar-refractivity contribution in [2.45, 2.75) is 44.8 Å². The van der Waals surface area contributed by atoms with Crippen molar-refractivity contribution in [1.82, 2.24) is 5.32 Å². The van der Waals surface area contributed by atoms with E-state index in [9.17, 15) is 19.2 Å². The Labute approximate surface area is 156 Å². The van der Waals surface area contributed by atoms with E-state index in [4.69, 9.17) is 15.6 Å². The van der Waals surface area contributed by atoms with Crippen LogP contribution in [0.4, 0.5) is 5.69 Å². The molecule has 1 aromatic carbocycles. The maximum absolute atomic E-state index is 12.7. The molecule has 27 heavy (non-hydrogen) atoms. The highest BCUT2D eigenvalue weighted by Gasteiger charge is 2.40. The van der Waals surface area contributed by atoms with Gasteiger partial charge in [0.05, 0.1) is 5.69 Å². The van der Waals surface area contributed by atoms with Gasteiger partial charge in [-0.1, -0.05) is 12.1 Å². The van der Waals surface area contributed by atoms with E-state index in [-0.39, 0.29) is 31.7 Å². The molecule has 1 heterocycles. The smallest absolute Gasteiger partial charge is 0.326 e. The Morgan fingerprint density at radius 3 is 2.56 bits per heavy atom. The van der Waals surface area contributed by atoms with E-state index in [1.807, 2.05) is 0 Å². The van der Waals surface area contributed by atoms with Crippen LogP contribution in [0.25, 0.3) is 0 Å². The molecule has 0 saturated carbocycles. The maximum Gasteiger partial charge on any atom is 0.326 e. The monoisotopic (exact) mass is 377 g/mol. The highest BCUT2D eigenvalue weighted by Crippen LogP contribution is 2.37. The molecular formula is C18H23N3O6. The third-order valence-corrected chi connectivity index (χ3v) is 4.16. The fourth-order valence-corrected chi connectivity index (χ4v) is 2.77. The molecule has 1 unspecified atom stereocenters. The Bertz CT molecular complexity index is 761. The van der Waals surface area contributed by atoms with E-state index in [0.717, 1.165) is 0 Å². The number of hydrogen-bond acceptors (Lipinski definition) is 5. The second-order valence-electron chi connectivity index (χ2n) is 6.75. The molecule has 1 atom stereocenters. The number of nitrogens with two attached hydrogens (primary N) is 1. The standard InChI is InChI=1S/C18H23N3O6/c1-18(2)17(26)21(12-5-3-4-6-13(12)27-18)10-9-15(23)20-11(16(24)25)7-8-14(19)22/h3-6,11H,7-10H2,1-2H3,(H2,19,22)(H,20,23)(H,24,25). The minimum Gasteiger partial charge on any atom is -0.480 e. The Morgan fingerprint density at radius 2 is 1.93 bits per heavy atom. The fraction of sp³-hybridized carbons (Fsp3) is 0.444. The number of para-hydroxylation sites is 2. The lowest BCUT2D eigenvalue weighted by molar-refractivity contribution is -0.142. The summed E-state index contributed by atoms with van der Waals surface area (Å²) in [5.41, 5.74) is 4.49. The third-order valence-electron chi connectivity index (χ3n) is 4.16. The summed E-state index contributed by atoms with van der Waals surface area (Å²) in [5.74, 6) is -2.20. The summed E-state index contributed by atoms with van der Waals surface area (Å²) in [5, 5.41) is 11.5. The van der Waals surface area contributed by atoms with Gasteiger partial charge >= 0.3 is 5.97 Å². The maximum atomic E-state index is 12.7. The first-order valence-electron chi connectivity index (χ1n) is 8.52. The Morgan fingerprint density at radius 1 is 1.26 bits per heavy atom. The zero-order valence-electron chi connectivity index (χ0n) is 15.2.